The Bertz CT molecular complexity index is 360. The molecule has 5 heteroatoms. The molecule has 3 atom stereocenters. The number of nitrogens with one attached hydrogen (secondary N) is 1. The first-order chi connectivity index (χ1) is 9.49. The molecule has 114 valence electrons. The number of rotatable bonds is 6. The quantitative estimate of drug-likeness (QED) is 0.774. The van der Waals surface area contributed by atoms with E-state index in [0.29, 0.717) is 37.5 Å². The van der Waals surface area contributed by atoms with Crippen LogP contribution in [0, 0.1) is 11.8 Å². The highest BCUT2D eigenvalue weighted by Gasteiger charge is 2.34. The van der Waals surface area contributed by atoms with E-state index in [2.05, 4.69) is 5.32 Å². The summed E-state index contributed by atoms with van der Waals surface area (Å²) in [5.41, 5.74) is 0. The van der Waals surface area contributed by atoms with Gasteiger partial charge in [-0.1, -0.05) is 6.92 Å². The van der Waals surface area contributed by atoms with Crippen LogP contribution in [0.25, 0.3) is 0 Å². The molecule has 2 heterocycles. The van der Waals surface area contributed by atoms with Gasteiger partial charge < -0.3 is 15.3 Å². The Hall–Kier alpha value is -1.10. The molecule has 2 fully saturated rings. The van der Waals surface area contributed by atoms with Crippen LogP contribution in [0.3, 0.4) is 0 Å². The van der Waals surface area contributed by atoms with Crippen LogP contribution < -0.4 is 5.32 Å². The van der Waals surface area contributed by atoms with Crippen molar-refractivity contribution in [1.29, 1.82) is 0 Å². The number of carboxylic acids is 1. The summed E-state index contributed by atoms with van der Waals surface area (Å²) in [6.45, 7) is 4.48. The van der Waals surface area contributed by atoms with Gasteiger partial charge in [-0.2, -0.15) is 0 Å². The number of carbonyl (C=O) groups excluding carboxylic acids is 1. The van der Waals surface area contributed by atoms with Crippen molar-refractivity contribution in [2.24, 2.45) is 11.8 Å². The Labute approximate surface area is 120 Å². The molecule has 5 nitrogen and oxygen atoms in total. The minimum absolute atomic E-state index is 0.118. The van der Waals surface area contributed by atoms with E-state index in [4.69, 9.17) is 5.11 Å². The van der Waals surface area contributed by atoms with E-state index >= 15 is 0 Å². The maximum Gasteiger partial charge on any atom is 0.308 e. The van der Waals surface area contributed by atoms with Gasteiger partial charge in [0.15, 0.2) is 0 Å². The maximum absolute atomic E-state index is 12.3. The molecule has 0 aromatic rings. The van der Waals surface area contributed by atoms with E-state index in [1.807, 2.05) is 6.92 Å². The molecule has 2 saturated heterocycles. The molecule has 0 aromatic heterocycles. The normalized spacial score (nSPS) is 30.0. The molecule has 0 spiro atoms. The number of hydrogen-bond acceptors (Lipinski definition) is 3. The average molecular weight is 282 g/mol. The van der Waals surface area contributed by atoms with Gasteiger partial charge in [-0.25, -0.2) is 0 Å². The third-order valence-corrected chi connectivity index (χ3v) is 4.68. The summed E-state index contributed by atoms with van der Waals surface area (Å²) < 4.78 is 0. The topological polar surface area (TPSA) is 69.6 Å². The zero-order valence-electron chi connectivity index (χ0n) is 12.5. The first-order valence-electron chi connectivity index (χ1n) is 7.76. The lowest BCUT2D eigenvalue weighted by molar-refractivity contribution is -0.143. The second-order valence-corrected chi connectivity index (χ2v) is 6.35. The van der Waals surface area contributed by atoms with Gasteiger partial charge in [0.25, 0.3) is 0 Å². The molecule has 20 heavy (non-hydrogen) atoms. The second kappa shape index (κ2) is 6.57. The zero-order chi connectivity index (χ0) is 14.7. The molecule has 2 aliphatic heterocycles. The van der Waals surface area contributed by atoms with Crippen molar-refractivity contribution in [3.05, 3.63) is 0 Å². The number of amides is 1. The van der Waals surface area contributed by atoms with E-state index in [-0.39, 0.29) is 5.91 Å². The number of carbonyl (C=O) groups is 2. The summed E-state index contributed by atoms with van der Waals surface area (Å²) in [6, 6.07) is 1.19. The third-order valence-electron chi connectivity index (χ3n) is 4.68. The fourth-order valence-electron chi connectivity index (χ4n) is 3.53. The minimum atomic E-state index is -0.837. The van der Waals surface area contributed by atoms with E-state index in [1.165, 1.54) is 12.8 Å². The molecule has 2 N–H and O–H groups in total. The van der Waals surface area contributed by atoms with Crippen LogP contribution in [0.2, 0.25) is 0 Å². The summed E-state index contributed by atoms with van der Waals surface area (Å²) >= 11 is 0. The lowest BCUT2D eigenvalue weighted by Crippen LogP contribution is -2.41. The Balaban J connectivity index is 1.84. The van der Waals surface area contributed by atoms with Gasteiger partial charge in [-0.3, -0.25) is 9.59 Å². The lowest BCUT2D eigenvalue weighted by Gasteiger charge is -2.31. The fourth-order valence-corrected chi connectivity index (χ4v) is 3.53. The summed E-state index contributed by atoms with van der Waals surface area (Å²) in [5, 5.41) is 12.5. The summed E-state index contributed by atoms with van der Waals surface area (Å²) in [6.07, 6.45) is 5.24. The largest absolute Gasteiger partial charge is 0.481 e. The van der Waals surface area contributed by atoms with Crippen molar-refractivity contribution in [2.75, 3.05) is 13.1 Å². The maximum atomic E-state index is 12.3. The van der Waals surface area contributed by atoms with Gasteiger partial charge in [0.05, 0.1) is 5.92 Å². The number of nitrogens with zero attached hydrogens (tertiary/aromatic N) is 1. The van der Waals surface area contributed by atoms with Crippen LogP contribution >= 0.6 is 0 Å². The van der Waals surface area contributed by atoms with Gasteiger partial charge in [-0.05, 0) is 38.5 Å². The number of carboxylic acid groups (broad SMARTS) is 1. The molecule has 2 aliphatic rings. The van der Waals surface area contributed by atoms with Crippen LogP contribution in [-0.2, 0) is 9.59 Å². The van der Waals surface area contributed by atoms with Crippen molar-refractivity contribution in [2.45, 2.75) is 58.0 Å². The fraction of sp³-hybridized carbons (Fsp3) is 0.867. The average Bonchev–Trinajstić information content (AvgIpc) is 2.74. The number of hydrogen-bond donors (Lipinski definition) is 2. The Morgan fingerprint density at radius 1 is 1.30 bits per heavy atom. The smallest absolute Gasteiger partial charge is 0.308 e. The summed E-state index contributed by atoms with van der Waals surface area (Å²) in [7, 11) is 0. The highest BCUT2D eigenvalue weighted by atomic mass is 16.4. The molecule has 3 unspecified atom stereocenters. The van der Waals surface area contributed by atoms with Gasteiger partial charge in [-0.15, -0.1) is 0 Å². The first kappa shape index (κ1) is 15.3. The van der Waals surface area contributed by atoms with Crippen LogP contribution in [-0.4, -0.2) is 47.1 Å². The van der Waals surface area contributed by atoms with E-state index in [0.717, 1.165) is 12.8 Å². The van der Waals surface area contributed by atoms with Crippen LogP contribution in [0.4, 0.5) is 0 Å². The van der Waals surface area contributed by atoms with Crippen LogP contribution in [0.1, 0.15) is 46.0 Å². The highest BCUT2D eigenvalue weighted by Crippen LogP contribution is 2.33. The predicted octanol–water partition coefficient (Wildman–Crippen LogP) is 1.48. The Kier molecular flexibility index (Phi) is 5.02. The van der Waals surface area contributed by atoms with Gasteiger partial charge in [0, 0.05) is 31.6 Å². The Morgan fingerprint density at radius 2 is 1.90 bits per heavy atom. The standard InChI is InChI=1S/C15H26N2O3/c1-3-17(9-10(2)15(19)20)14(18)8-11-6-12-4-5-13(7-11)16-12/h10-13,16H,3-9H2,1-2H3,(H,19,20). The van der Waals surface area contributed by atoms with Crippen molar-refractivity contribution in [3.8, 4) is 0 Å². The van der Waals surface area contributed by atoms with Crippen molar-refractivity contribution in [1.82, 2.24) is 10.2 Å². The van der Waals surface area contributed by atoms with Gasteiger partial charge >= 0.3 is 5.97 Å². The first-order valence-corrected chi connectivity index (χ1v) is 7.76. The van der Waals surface area contributed by atoms with Crippen molar-refractivity contribution >= 4 is 11.9 Å². The number of aliphatic carboxylic acids is 1. The van der Waals surface area contributed by atoms with Crippen LogP contribution in [0.5, 0.6) is 0 Å². The molecule has 2 bridgehead atoms. The molecule has 0 aliphatic carbocycles. The van der Waals surface area contributed by atoms with Crippen molar-refractivity contribution < 1.29 is 14.7 Å². The monoisotopic (exact) mass is 282 g/mol. The molecule has 1 amide bonds. The van der Waals surface area contributed by atoms with Crippen molar-refractivity contribution in [3.63, 3.8) is 0 Å². The molecular weight excluding hydrogens is 256 g/mol. The van der Waals surface area contributed by atoms with Crippen LogP contribution in [0.15, 0.2) is 0 Å². The molecule has 0 aromatic carbocycles. The summed E-state index contributed by atoms with van der Waals surface area (Å²) in [5.74, 6) is -0.749. The molecule has 0 saturated carbocycles. The number of piperidine rings is 1. The van der Waals surface area contributed by atoms with Gasteiger partial charge in [0.1, 0.15) is 0 Å². The molecule has 2 rings (SSSR count). The number of fused-ring (bicyclic) bond motifs is 2. The highest BCUT2D eigenvalue weighted by molar-refractivity contribution is 5.77. The van der Waals surface area contributed by atoms with E-state index in [1.54, 1.807) is 11.8 Å². The molecule has 0 radical (unpaired) electrons. The van der Waals surface area contributed by atoms with E-state index < -0.39 is 11.9 Å². The van der Waals surface area contributed by atoms with Gasteiger partial charge in [0.2, 0.25) is 5.91 Å². The summed E-state index contributed by atoms with van der Waals surface area (Å²) in [4.78, 5) is 25.0. The molecular formula is C15H26N2O3. The lowest BCUT2D eigenvalue weighted by atomic mass is 9.89. The minimum Gasteiger partial charge on any atom is -0.481 e. The SMILES string of the molecule is CCN(CC(C)C(=O)O)C(=O)CC1CC2CCC(C1)N2. The Morgan fingerprint density at radius 3 is 2.40 bits per heavy atom. The predicted molar refractivity (Wildman–Crippen MR) is 76.3 cm³/mol. The van der Waals surface area contributed by atoms with E-state index in [9.17, 15) is 9.59 Å². The third kappa shape index (κ3) is 3.72. The second-order valence-electron chi connectivity index (χ2n) is 6.35. The zero-order valence-corrected chi connectivity index (χ0v) is 12.5.